The molecule has 1 heterocycles. The molecule has 0 saturated heterocycles. The summed E-state index contributed by atoms with van der Waals surface area (Å²) < 4.78 is 1.23. The molecular weight excluding hydrogens is 793 g/mol. The third kappa shape index (κ3) is 10.7. The Hall–Kier alpha value is -4.74. The van der Waals surface area contributed by atoms with Crippen LogP contribution in [0.3, 0.4) is 0 Å². The van der Waals surface area contributed by atoms with Crippen LogP contribution in [-0.4, -0.2) is 85.2 Å². The van der Waals surface area contributed by atoms with Gasteiger partial charge in [-0.15, -0.1) is 0 Å². The molecule has 4 aromatic rings. The van der Waals surface area contributed by atoms with Crippen LogP contribution >= 0.6 is 71.9 Å². The van der Waals surface area contributed by atoms with Gasteiger partial charge in [-0.3, -0.25) is 30.1 Å². The van der Waals surface area contributed by atoms with Crippen LogP contribution < -0.4 is 15.0 Å². The predicted octanol–water partition coefficient (Wildman–Crippen LogP) is 7.57. The lowest BCUT2D eigenvalue weighted by Crippen LogP contribution is -2.44. The predicted molar refractivity (Wildman–Crippen MR) is 233 cm³/mol. The Morgan fingerprint density at radius 3 is 0.889 bits per heavy atom. The summed E-state index contributed by atoms with van der Waals surface area (Å²) in [4.78, 5) is 14.4. The first kappa shape index (κ1) is 42.0. The highest BCUT2D eigenvalue weighted by atomic mass is 32.2. The lowest BCUT2D eigenvalue weighted by molar-refractivity contribution is 0.470. The monoisotopic (exact) mass is 828 g/mol. The van der Waals surface area contributed by atoms with Crippen LogP contribution in [0.5, 0.6) is 0 Å². The number of thioether (sulfide) groups is 3. The van der Waals surface area contributed by atoms with Gasteiger partial charge in [0.2, 0.25) is 0 Å². The molecule has 4 rings (SSSR count). The zero-order chi connectivity index (χ0) is 39.4. The number of hydrogen-bond donors (Lipinski definition) is 0. The molecule has 0 aliphatic carbocycles. The number of thiocarbonyl (C=S) groups is 3. The lowest BCUT2D eigenvalue weighted by Gasteiger charge is -2.35. The fourth-order valence-corrected chi connectivity index (χ4v) is 8.17. The molecular formula is C36H36N12S6. The summed E-state index contributed by atoms with van der Waals surface area (Å²) in [5.74, 6) is 0.680. The number of nitrogens with zero attached hydrogens (tertiary/aromatic N) is 12. The maximum atomic E-state index is 9.95. The largest absolute Gasteiger partial charge is 0.270 e. The highest BCUT2D eigenvalue weighted by Gasteiger charge is 2.27. The normalized spacial score (nSPS) is 12.1. The third-order valence-electron chi connectivity index (χ3n) is 7.93. The Bertz CT molecular complexity index is 1790. The van der Waals surface area contributed by atoms with Gasteiger partial charge >= 0.3 is 0 Å². The quantitative estimate of drug-likeness (QED) is 0.103. The summed E-state index contributed by atoms with van der Waals surface area (Å²) in [6, 6.07) is 35.3. The molecule has 1 aromatic heterocycles. The Morgan fingerprint density at radius 2 is 0.685 bits per heavy atom. The molecule has 0 fully saturated rings. The second-order valence-corrected chi connectivity index (χ2v) is 16.5. The Kier molecular flexibility index (Phi) is 15.6. The number of hydrazine groups is 3. The van der Waals surface area contributed by atoms with E-state index in [1.807, 2.05) is 91.0 Å². The summed E-state index contributed by atoms with van der Waals surface area (Å²) in [6.45, 7) is 0. The van der Waals surface area contributed by atoms with Gasteiger partial charge in [0.1, 0.15) is 15.7 Å². The van der Waals surface area contributed by atoms with Crippen LogP contribution in [0.1, 0.15) is 32.4 Å². The van der Waals surface area contributed by atoms with Gasteiger partial charge in [0, 0.05) is 42.3 Å². The van der Waals surface area contributed by atoms with Gasteiger partial charge in [-0.2, -0.15) is 30.7 Å². The average molecular weight is 829 g/mol. The van der Waals surface area contributed by atoms with Crippen molar-refractivity contribution in [3.05, 3.63) is 108 Å². The van der Waals surface area contributed by atoms with E-state index in [1.165, 1.54) is 35.3 Å². The number of benzene rings is 3. The van der Waals surface area contributed by atoms with Gasteiger partial charge in [0.25, 0.3) is 17.8 Å². The molecule has 0 amide bonds. The van der Waals surface area contributed by atoms with Gasteiger partial charge < -0.3 is 0 Å². The summed E-state index contributed by atoms with van der Waals surface area (Å²) in [7, 11) is 10.5. The van der Waals surface area contributed by atoms with E-state index in [0.29, 0.717) is 13.0 Å². The van der Waals surface area contributed by atoms with Crippen LogP contribution in [0.2, 0.25) is 0 Å². The summed E-state index contributed by atoms with van der Waals surface area (Å²) in [5.41, 5.74) is 2.51. The number of hydrogen-bond acceptors (Lipinski definition) is 15. The van der Waals surface area contributed by atoms with E-state index < -0.39 is 15.7 Å². The van der Waals surface area contributed by atoms with E-state index in [4.69, 9.17) is 51.6 Å². The highest BCUT2D eigenvalue weighted by Crippen LogP contribution is 2.34. The van der Waals surface area contributed by atoms with Gasteiger partial charge in [0.05, 0.1) is 18.2 Å². The standard InChI is InChI=1S/C36H36N12S6/c1-43(46(4)34(49)52-28(22-37)25-16-10-7-11-17-25)31-40-32(44(2)47(5)35(50)53-29(23-38)26-18-12-8-13-19-26)42-33(41-31)45(3)48(6)36(51)54-30(24-39)27-20-14-9-15-21-27/h7-21,28-30H,1-6H3. The van der Waals surface area contributed by atoms with E-state index in [1.54, 1.807) is 72.3 Å². The van der Waals surface area contributed by atoms with Crippen LogP contribution in [0.25, 0.3) is 0 Å². The van der Waals surface area contributed by atoms with Crippen molar-refractivity contribution in [3.63, 3.8) is 0 Å². The summed E-state index contributed by atoms with van der Waals surface area (Å²) in [5, 5.41) is 38.3. The van der Waals surface area contributed by atoms with Crippen LogP contribution in [0.4, 0.5) is 17.8 Å². The fraction of sp³-hybridized carbons (Fsp3) is 0.250. The van der Waals surface area contributed by atoms with E-state index >= 15 is 0 Å². The van der Waals surface area contributed by atoms with Crippen molar-refractivity contribution in [2.75, 3.05) is 57.3 Å². The first-order chi connectivity index (χ1) is 25.9. The Morgan fingerprint density at radius 1 is 0.463 bits per heavy atom. The van der Waals surface area contributed by atoms with E-state index in [9.17, 15) is 15.8 Å². The lowest BCUT2D eigenvalue weighted by atomic mass is 10.2. The maximum absolute atomic E-state index is 9.95. The summed E-state index contributed by atoms with van der Waals surface area (Å²) >= 11 is 21.1. The average Bonchev–Trinajstić information content (AvgIpc) is 3.22. The number of aromatic nitrogens is 3. The topological polar surface area (TPSA) is 129 Å². The minimum Gasteiger partial charge on any atom is -0.270 e. The number of anilines is 3. The molecule has 3 atom stereocenters. The SMILES string of the molecule is CN(C(=S)SC(C#N)c1ccccc1)N(C)c1nc(N(C)N(C)C(=S)SC(C#N)c2ccccc2)nc(N(C)N(C)C(=S)SC(C#N)c2ccccc2)n1. The Labute approximate surface area is 345 Å². The van der Waals surface area contributed by atoms with Gasteiger partial charge in [-0.05, 0) is 16.7 Å². The van der Waals surface area contributed by atoms with Crippen molar-refractivity contribution in [1.29, 1.82) is 15.8 Å². The molecule has 3 aromatic carbocycles. The van der Waals surface area contributed by atoms with Crippen molar-refractivity contribution in [2.45, 2.75) is 15.7 Å². The molecule has 0 N–H and O–H groups in total. The number of nitriles is 3. The van der Waals surface area contributed by atoms with Crippen LogP contribution in [0.15, 0.2) is 91.0 Å². The van der Waals surface area contributed by atoms with Crippen LogP contribution in [0, 0.1) is 34.0 Å². The first-order valence-electron chi connectivity index (χ1n) is 16.0. The van der Waals surface area contributed by atoms with E-state index in [0.717, 1.165) is 16.7 Å². The van der Waals surface area contributed by atoms with Crippen molar-refractivity contribution >= 4 is 103 Å². The highest BCUT2D eigenvalue weighted by molar-refractivity contribution is 8.23. The van der Waals surface area contributed by atoms with E-state index in [2.05, 4.69) is 18.2 Å². The van der Waals surface area contributed by atoms with Crippen LogP contribution in [-0.2, 0) is 0 Å². The fourth-order valence-electron chi connectivity index (χ4n) is 4.47. The van der Waals surface area contributed by atoms with Crippen molar-refractivity contribution in [1.82, 2.24) is 30.0 Å². The molecule has 18 heteroatoms. The van der Waals surface area contributed by atoms with Crippen molar-refractivity contribution in [3.8, 4) is 18.2 Å². The van der Waals surface area contributed by atoms with Crippen molar-refractivity contribution < 1.29 is 0 Å². The molecule has 0 aliphatic rings. The molecule has 276 valence electrons. The molecule has 0 aliphatic heterocycles. The molecule has 54 heavy (non-hydrogen) atoms. The molecule has 0 radical (unpaired) electrons. The molecule has 0 saturated carbocycles. The van der Waals surface area contributed by atoms with Gasteiger partial charge in [0.15, 0.2) is 13.0 Å². The molecule has 3 unspecified atom stereocenters. The minimum absolute atomic E-state index is 0.227. The summed E-state index contributed by atoms with van der Waals surface area (Å²) in [6.07, 6.45) is 0. The first-order valence-corrected chi connectivity index (χ1v) is 19.9. The Balaban J connectivity index is 1.64. The van der Waals surface area contributed by atoms with Gasteiger partial charge in [-0.25, -0.2) is 0 Å². The van der Waals surface area contributed by atoms with Crippen molar-refractivity contribution in [2.24, 2.45) is 0 Å². The second kappa shape index (κ2) is 20.1. The smallest absolute Gasteiger partial charge is 0.251 e. The third-order valence-corrected chi connectivity index (χ3v) is 12.8. The second-order valence-electron chi connectivity index (χ2n) is 11.3. The molecule has 0 spiro atoms. The zero-order valence-corrected chi connectivity index (χ0v) is 35.1. The zero-order valence-electron chi connectivity index (χ0n) is 30.2. The number of rotatable bonds is 12. The van der Waals surface area contributed by atoms with E-state index in [-0.39, 0.29) is 17.8 Å². The van der Waals surface area contributed by atoms with Gasteiger partial charge in [-0.1, -0.05) is 163 Å². The maximum Gasteiger partial charge on any atom is 0.251 e. The molecule has 0 bridgehead atoms. The molecule has 12 nitrogen and oxygen atoms in total. The minimum atomic E-state index is -0.531.